The van der Waals surface area contributed by atoms with E-state index in [1.54, 1.807) is 0 Å². The number of carboxylic acids is 1. The number of benzene rings is 1. The van der Waals surface area contributed by atoms with Gasteiger partial charge in [-0.3, -0.25) is 4.79 Å². The van der Waals surface area contributed by atoms with Gasteiger partial charge in [0.2, 0.25) is 0 Å². The van der Waals surface area contributed by atoms with Gasteiger partial charge in [0.1, 0.15) is 11.8 Å². The van der Waals surface area contributed by atoms with Crippen LogP contribution in [0.1, 0.15) is 12.5 Å². The van der Waals surface area contributed by atoms with Crippen LogP contribution in [0.2, 0.25) is 0 Å². The van der Waals surface area contributed by atoms with E-state index in [-0.39, 0.29) is 5.41 Å². The summed E-state index contributed by atoms with van der Waals surface area (Å²) < 4.78 is 10.9. The van der Waals surface area contributed by atoms with Gasteiger partial charge in [-0.1, -0.05) is 19.1 Å². The predicted octanol–water partition coefficient (Wildman–Crippen LogP) is 1.06. The van der Waals surface area contributed by atoms with E-state index in [9.17, 15) is 4.79 Å². The summed E-state index contributed by atoms with van der Waals surface area (Å²) in [6.07, 6.45) is 0.321. The lowest BCUT2D eigenvalue weighted by Crippen LogP contribution is -2.44. The van der Waals surface area contributed by atoms with E-state index >= 15 is 0 Å². The van der Waals surface area contributed by atoms with Gasteiger partial charge in [-0.25, -0.2) is 0 Å². The number of carbonyl (C=O) groups is 1. The lowest BCUT2D eigenvalue weighted by atomic mass is 9.90. The third-order valence-corrected chi connectivity index (χ3v) is 3.18. The first kappa shape index (κ1) is 13.8. The highest BCUT2D eigenvalue weighted by Crippen LogP contribution is 2.27. The van der Waals surface area contributed by atoms with E-state index in [1.807, 2.05) is 24.3 Å². The molecular formula is C14H19NO4. The Bertz CT molecular complexity index is 439. The van der Waals surface area contributed by atoms with Crippen LogP contribution in [0.4, 0.5) is 0 Å². The number of hydrogen-bond acceptors (Lipinski definition) is 4. The molecule has 0 saturated carbocycles. The Kier molecular flexibility index (Phi) is 4.07. The first-order valence-electron chi connectivity index (χ1n) is 6.26. The Hall–Kier alpha value is -1.59. The fraction of sp³-hybridized carbons (Fsp3) is 0.500. The van der Waals surface area contributed by atoms with Crippen molar-refractivity contribution in [1.82, 2.24) is 0 Å². The maximum absolute atomic E-state index is 10.7. The lowest BCUT2D eigenvalue weighted by Gasteiger charge is -2.37. The Balaban J connectivity index is 1.85. The summed E-state index contributed by atoms with van der Waals surface area (Å²) in [6, 6.07) is 6.51. The molecule has 1 fully saturated rings. The molecule has 1 saturated heterocycles. The van der Waals surface area contributed by atoms with Gasteiger partial charge in [0.15, 0.2) is 0 Å². The van der Waals surface area contributed by atoms with Crippen LogP contribution in [-0.4, -0.2) is 36.9 Å². The second-order valence-electron chi connectivity index (χ2n) is 5.38. The molecule has 0 aromatic heterocycles. The van der Waals surface area contributed by atoms with Crippen molar-refractivity contribution < 1.29 is 19.4 Å². The van der Waals surface area contributed by atoms with Gasteiger partial charge in [-0.15, -0.1) is 0 Å². The normalized spacial score (nSPS) is 18.4. The van der Waals surface area contributed by atoms with Crippen molar-refractivity contribution in [2.24, 2.45) is 11.1 Å². The zero-order chi connectivity index (χ0) is 13.9. The van der Waals surface area contributed by atoms with Crippen LogP contribution in [0, 0.1) is 5.41 Å². The van der Waals surface area contributed by atoms with Gasteiger partial charge in [-0.2, -0.15) is 0 Å². The molecule has 5 heteroatoms. The molecule has 0 aliphatic carbocycles. The quantitative estimate of drug-likeness (QED) is 0.803. The second kappa shape index (κ2) is 5.59. The summed E-state index contributed by atoms with van der Waals surface area (Å²) in [6.45, 7) is 4.22. The molecule has 0 amide bonds. The van der Waals surface area contributed by atoms with Crippen molar-refractivity contribution in [3.63, 3.8) is 0 Å². The minimum atomic E-state index is -0.988. The summed E-state index contributed by atoms with van der Waals surface area (Å²) in [7, 11) is 0. The molecule has 1 aromatic carbocycles. The molecule has 1 aliphatic heterocycles. The van der Waals surface area contributed by atoms with E-state index in [0.29, 0.717) is 13.0 Å². The van der Waals surface area contributed by atoms with Crippen molar-refractivity contribution in [1.29, 1.82) is 0 Å². The third kappa shape index (κ3) is 3.68. The minimum absolute atomic E-state index is 0.115. The topological polar surface area (TPSA) is 81.8 Å². The average Bonchev–Trinajstić information content (AvgIpc) is 2.35. The fourth-order valence-electron chi connectivity index (χ4n) is 1.85. The Labute approximate surface area is 112 Å². The van der Waals surface area contributed by atoms with Crippen molar-refractivity contribution in [3.8, 4) is 5.75 Å². The summed E-state index contributed by atoms with van der Waals surface area (Å²) in [5.74, 6) is -0.209. The minimum Gasteiger partial charge on any atom is -0.493 e. The molecule has 1 aromatic rings. The number of hydrogen-bond donors (Lipinski definition) is 2. The first-order valence-corrected chi connectivity index (χ1v) is 6.26. The number of aliphatic carboxylic acids is 1. The zero-order valence-corrected chi connectivity index (χ0v) is 11.0. The molecule has 3 N–H and O–H groups in total. The zero-order valence-electron chi connectivity index (χ0n) is 11.0. The molecule has 5 nitrogen and oxygen atoms in total. The maximum atomic E-state index is 10.7. The molecule has 19 heavy (non-hydrogen) atoms. The van der Waals surface area contributed by atoms with Gasteiger partial charge in [0.25, 0.3) is 0 Å². The highest BCUT2D eigenvalue weighted by Gasteiger charge is 2.34. The molecule has 104 valence electrons. The molecule has 0 bridgehead atoms. The molecule has 1 heterocycles. The van der Waals surface area contributed by atoms with Crippen LogP contribution in [0.15, 0.2) is 24.3 Å². The second-order valence-corrected chi connectivity index (χ2v) is 5.38. The highest BCUT2D eigenvalue weighted by atomic mass is 16.5. The molecule has 0 spiro atoms. The van der Waals surface area contributed by atoms with Crippen molar-refractivity contribution in [2.75, 3.05) is 19.8 Å². The Morgan fingerprint density at radius 2 is 2.11 bits per heavy atom. The van der Waals surface area contributed by atoms with Crippen LogP contribution in [0.5, 0.6) is 5.75 Å². The monoisotopic (exact) mass is 265 g/mol. The van der Waals surface area contributed by atoms with E-state index in [1.165, 1.54) is 0 Å². The van der Waals surface area contributed by atoms with E-state index in [0.717, 1.165) is 24.5 Å². The summed E-state index contributed by atoms with van der Waals surface area (Å²) in [4.78, 5) is 10.7. The van der Waals surface area contributed by atoms with Crippen molar-refractivity contribution >= 4 is 5.97 Å². The van der Waals surface area contributed by atoms with Gasteiger partial charge >= 0.3 is 5.97 Å². The van der Waals surface area contributed by atoms with Crippen LogP contribution in [0.25, 0.3) is 0 Å². The average molecular weight is 265 g/mol. The van der Waals surface area contributed by atoms with Crippen molar-refractivity contribution in [3.05, 3.63) is 29.8 Å². The van der Waals surface area contributed by atoms with E-state index in [2.05, 4.69) is 6.92 Å². The standard InChI is InChI=1S/C14H19NO4/c1-14(7-18-8-14)9-19-11-4-2-10(3-5-11)6-12(15)13(16)17/h2-5,12H,6-9,15H2,1H3,(H,16,17). The van der Waals surface area contributed by atoms with E-state index < -0.39 is 12.0 Å². The van der Waals surface area contributed by atoms with Gasteiger partial charge < -0.3 is 20.3 Å². The highest BCUT2D eigenvalue weighted by molar-refractivity contribution is 5.73. The largest absolute Gasteiger partial charge is 0.493 e. The number of nitrogens with two attached hydrogens (primary N) is 1. The van der Waals surface area contributed by atoms with Crippen LogP contribution < -0.4 is 10.5 Å². The maximum Gasteiger partial charge on any atom is 0.320 e. The fourth-order valence-corrected chi connectivity index (χ4v) is 1.85. The Morgan fingerprint density at radius 3 is 2.58 bits per heavy atom. The molecule has 0 radical (unpaired) electrons. The number of carboxylic acid groups (broad SMARTS) is 1. The lowest BCUT2D eigenvalue weighted by molar-refractivity contribution is -0.138. The van der Waals surface area contributed by atoms with Crippen LogP contribution in [0.3, 0.4) is 0 Å². The summed E-state index contributed by atoms with van der Waals surface area (Å²) >= 11 is 0. The van der Waals surface area contributed by atoms with E-state index in [4.69, 9.17) is 20.3 Å². The first-order chi connectivity index (χ1) is 8.98. The summed E-state index contributed by atoms with van der Waals surface area (Å²) in [5, 5.41) is 8.74. The molecule has 1 atom stereocenters. The molecule has 2 rings (SSSR count). The van der Waals surface area contributed by atoms with Crippen molar-refractivity contribution in [2.45, 2.75) is 19.4 Å². The molecule has 1 unspecified atom stereocenters. The number of ether oxygens (including phenoxy) is 2. The third-order valence-electron chi connectivity index (χ3n) is 3.18. The van der Waals surface area contributed by atoms with Crippen LogP contribution in [-0.2, 0) is 16.0 Å². The molecular weight excluding hydrogens is 246 g/mol. The number of rotatable bonds is 6. The SMILES string of the molecule is CC1(COc2ccc(CC(N)C(=O)O)cc2)COC1. The Morgan fingerprint density at radius 1 is 1.47 bits per heavy atom. The smallest absolute Gasteiger partial charge is 0.320 e. The summed E-state index contributed by atoms with van der Waals surface area (Å²) in [5.41, 5.74) is 6.49. The van der Waals surface area contributed by atoms with Crippen LogP contribution >= 0.6 is 0 Å². The predicted molar refractivity (Wildman–Crippen MR) is 70.2 cm³/mol. The van der Waals surface area contributed by atoms with Gasteiger partial charge in [-0.05, 0) is 24.1 Å². The van der Waals surface area contributed by atoms with Gasteiger partial charge in [0, 0.05) is 5.41 Å². The molecule has 1 aliphatic rings. The van der Waals surface area contributed by atoms with Gasteiger partial charge in [0.05, 0.1) is 19.8 Å².